The second-order valence-electron chi connectivity index (χ2n) is 8.96. The molecule has 1 saturated heterocycles. The second-order valence-corrected chi connectivity index (χ2v) is 9.39. The number of piperidine rings is 1. The Kier molecular flexibility index (Phi) is 12.6. The lowest BCUT2D eigenvalue weighted by Crippen LogP contribution is -2.53. The van der Waals surface area contributed by atoms with E-state index in [9.17, 15) is 5.11 Å². The minimum absolute atomic E-state index is 0.107. The lowest BCUT2D eigenvalue weighted by atomic mass is 9.60. The van der Waals surface area contributed by atoms with E-state index in [0.29, 0.717) is 5.92 Å². The lowest BCUT2D eigenvalue weighted by Gasteiger charge is -2.50. The molecule has 3 nitrogen and oxygen atoms in total. The fourth-order valence-corrected chi connectivity index (χ4v) is 4.56. The van der Waals surface area contributed by atoms with Crippen molar-refractivity contribution in [3.8, 4) is 0 Å². The monoisotopic (exact) mass is 412 g/mol. The van der Waals surface area contributed by atoms with E-state index < -0.39 is 0 Å². The summed E-state index contributed by atoms with van der Waals surface area (Å²) in [6, 6.07) is 8.14. The van der Waals surface area contributed by atoms with Crippen LogP contribution < -0.4 is 5.32 Å². The molecule has 164 valence electrons. The quantitative estimate of drug-likeness (QED) is 0.660. The van der Waals surface area contributed by atoms with Gasteiger partial charge in [-0.25, -0.2) is 0 Å². The molecular weight excluding hydrogens is 368 g/mol. The Bertz CT molecular complexity index is 520. The lowest BCUT2D eigenvalue weighted by molar-refractivity contribution is -0.0500. The van der Waals surface area contributed by atoms with Crippen molar-refractivity contribution in [3.63, 3.8) is 0 Å². The van der Waals surface area contributed by atoms with Crippen LogP contribution >= 0.6 is 11.6 Å². The van der Waals surface area contributed by atoms with Gasteiger partial charge < -0.3 is 15.3 Å². The van der Waals surface area contributed by atoms with Gasteiger partial charge in [-0.3, -0.25) is 0 Å². The van der Waals surface area contributed by atoms with Crippen LogP contribution in [0.1, 0.15) is 66.4 Å². The molecule has 0 aliphatic carbocycles. The molecule has 0 amide bonds. The summed E-state index contributed by atoms with van der Waals surface area (Å²) in [5.74, 6) is 0.577. The standard InChI is InChI=1S/C20H32ClNO.C2H7N.C2H6/c1-15(2)14-19(3,4)18(23)20(10-12-22(5)13-11-20)16-6-8-17(21)9-7-16;1-3-2;1-2/h6-9,15,18,23H,10-14H2,1-5H3;3H,1-2H3;1-2H3. The number of nitrogens with one attached hydrogen (secondary N) is 1. The zero-order chi connectivity index (χ0) is 22.0. The van der Waals surface area contributed by atoms with Gasteiger partial charge in [-0.05, 0) is 82.5 Å². The third-order valence-corrected chi connectivity index (χ3v) is 5.75. The number of halogens is 1. The zero-order valence-corrected chi connectivity index (χ0v) is 20.5. The highest BCUT2D eigenvalue weighted by Crippen LogP contribution is 2.46. The fraction of sp³-hybridized carbons (Fsp3) is 0.750. The molecule has 1 atom stereocenters. The van der Waals surface area contributed by atoms with Crippen LogP contribution in [0.3, 0.4) is 0 Å². The summed E-state index contributed by atoms with van der Waals surface area (Å²) in [5.41, 5.74) is 0.957. The Labute approximate surface area is 179 Å². The van der Waals surface area contributed by atoms with Gasteiger partial charge in [0.1, 0.15) is 0 Å². The Morgan fingerprint density at radius 1 is 1.11 bits per heavy atom. The Balaban J connectivity index is 0.00000133. The normalized spacial score (nSPS) is 17.9. The summed E-state index contributed by atoms with van der Waals surface area (Å²) < 4.78 is 0. The van der Waals surface area contributed by atoms with Gasteiger partial charge in [-0.15, -0.1) is 0 Å². The largest absolute Gasteiger partial charge is 0.392 e. The van der Waals surface area contributed by atoms with Gasteiger partial charge in [0.2, 0.25) is 0 Å². The third-order valence-electron chi connectivity index (χ3n) is 5.50. The highest BCUT2D eigenvalue weighted by atomic mass is 35.5. The number of aliphatic hydroxyl groups is 1. The maximum absolute atomic E-state index is 11.5. The minimum atomic E-state index is -0.354. The fourth-order valence-electron chi connectivity index (χ4n) is 4.43. The number of hydrogen-bond donors (Lipinski definition) is 2. The number of benzene rings is 1. The second kappa shape index (κ2) is 12.8. The SMILES string of the molecule is CC.CC(C)CC(C)(C)C(O)C1(c2ccc(Cl)cc2)CCN(C)CC1.CNC. The number of nitrogens with zero attached hydrogens (tertiary/aromatic N) is 1. The first-order chi connectivity index (χ1) is 13.1. The summed E-state index contributed by atoms with van der Waals surface area (Å²) in [6.45, 7) is 15.0. The Morgan fingerprint density at radius 2 is 1.54 bits per heavy atom. The summed E-state index contributed by atoms with van der Waals surface area (Å²) >= 11 is 6.09. The summed E-state index contributed by atoms with van der Waals surface area (Å²) in [5, 5.41) is 15.0. The molecule has 0 spiro atoms. The molecule has 28 heavy (non-hydrogen) atoms. The van der Waals surface area contributed by atoms with Crippen molar-refractivity contribution in [1.82, 2.24) is 10.2 Å². The molecule has 4 heteroatoms. The highest BCUT2D eigenvalue weighted by molar-refractivity contribution is 6.30. The molecule has 2 rings (SSSR count). The molecule has 2 N–H and O–H groups in total. The third kappa shape index (κ3) is 7.67. The predicted octanol–water partition coefficient (Wildman–Crippen LogP) is 5.60. The molecule has 0 saturated carbocycles. The van der Waals surface area contributed by atoms with E-state index in [1.165, 1.54) is 5.56 Å². The topological polar surface area (TPSA) is 35.5 Å². The van der Waals surface area contributed by atoms with Gasteiger partial charge in [0.25, 0.3) is 0 Å². The van der Waals surface area contributed by atoms with E-state index in [1.807, 2.05) is 40.1 Å². The molecular formula is C24H45ClN2O. The van der Waals surface area contributed by atoms with Gasteiger partial charge in [0, 0.05) is 10.4 Å². The van der Waals surface area contributed by atoms with Crippen molar-refractivity contribution in [2.24, 2.45) is 11.3 Å². The van der Waals surface area contributed by atoms with Crippen LogP contribution in [0.5, 0.6) is 0 Å². The van der Waals surface area contributed by atoms with Crippen LogP contribution in [0.2, 0.25) is 5.02 Å². The van der Waals surface area contributed by atoms with Crippen molar-refractivity contribution in [3.05, 3.63) is 34.9 Å². The molecule has 0 radical (unpaired) electrons. The first kappa shape index (κ1) is 27.4. The first-order valence-electron chi connectivity index (χ1n) is 10.8. The van der Waals surface area contributed by atoms with E-state index in [1.54, 1.807) is 0 Å². The van der Waals surface area contributed by atoms with Crippen LogP contribution in [-0.4, -0.2) is 50.3 Å². The Hall–Kier alpha value is -0.610. The molecule has 1 aliphatic heterocycles. The van der Waals surface area contributed by atoms with E-state index in [2.05, 4.69) is 57.1 Å². The number of aliphatic hydroxyl groups excluding tert-OH is 1. The van der Waals surface area contributed by atoms with Gasteiger partial charge >= 0.3 is 0 Å². The molecule has 1 aromatic rings. The van der Waals surface area contributed by atoms with Crippen LogP contribution in [0.4, 0.5) is 0 Å². The predicted molar refractivity (Wildman–Crippen MR) is 125 cm³/mol. The van der Waals surface area contributed by atoms with E-state index in [4.69, 9.17) is 11.6 Å². The van der Waals surface area contributed by atoms with Crippen molar-refractivity contribution in [1.29, 1.82) is 0 Å². The number of likely N-dealkylation sites (tertiary alicyclic amines) is 1. The summed E-state index contributed by atoms with van der Waals surface area (Å²) in [7, 11) is 5.91. The highest BCUT2D eigenvalue weighted by Gasteiger charge is 2.48. The first-order valence-corrected chi connectivity index (χ1v) is 11.2. The molecule has 0 aromatic heterocycles. The summed E-state index contributed by atoms with van der Waals surface area (Å²) in [4.78, 5) is 2.36. The van der Waals surface area contributed by atoms with Crippen molar-refractivity contribution >= 4 is 11.6 Å². The minimum Gasteiger partial charge on any atom is -0.392 e. The van der Waals surface area contributed by atoms with Crippen LogP contribution in [0, 0.1) is 11.3 Å². The maximum Gasteiger partial charge on any atom is 0.0688 e. The molecule has 1 unspecified atom stereocenters. The van der Waals surface area contributed by atoms with Gasteiger partial charge in [-0.2, -0.15) is 0 Å². The number of rotatable bonds is 5. The van der Waals surface area contributed by atoms with E-state index in [-0.39, 0.29) is 16.9 Å². The van der Waals surface area contributed by atoms with Crippen LogP contribution in [-0.2, 0) is 5.41 Å². The summed E-state index contributed by atoms with van der Waals surface area (Å²) in [6.07, 6.45) is 2.66. The van der Waals surface area contributed by atoms with Crippen molar-refractivity contribution < 1.29 is 5.11 Å². The molecule has 1 fully saturated rings. The van der Waals surface area contributed by atoms with Crippen LogP contribution in [0.15, 0.2) is 24.3 Å². The average Bonchev–Trinajstić information content (AvgIpc) is 2.64. The van der Waals surface area contributed by atoms with E-state index >= 15 is 0 Å². The maximum atomic E-state index is 11.5. The average molecular weight is 413 g/mol. The van der Waals surface area contributed by atoms with Gasteiger partial charge in [0.15, 0.2) is 0 Å². The molecule has 1 aromatic carbocycles. The molecule has 1 heterocycles. The number of hydrogen-bond acceptors (Lipinski definition) is 3. The van der Waals surface area contributed by atoms with Crippen LogP contribution in [0.25, 0.3) is 0 Å². The van der Waals surface area contributed by atoms with Crippen molar-refractivity contribution in [2.75, 3.05) is 34.2 Å². The van der Waals surface area contributed by atoms with Crippen molar-refractivity contribution in [2.45, 2.75) is 72.3 Å². The van der Waals surface area contributed by atoms with E-state index in [0.717, 1.165) is 37.4 Å². The molecule has 0 bridgehead atoms. The Morgan fingerprint density at radius 3 is 1.93 bits per heavy atom. The van der Waals surface area contributed by atoms with Gasteiger partial charge in [0.05, 0.1) is 6.10 Å². The molecule has 1 aliphatic rings. The zero-order valence-electron chi connectivity index (χ0n) is 19.8. The van der Waals surface area contributed by atoms with Gasteiger partial charge in [-0.1, -0.05) is 65.3 Å². The smallest absolute Gasteiger partial charge is 0.0688 e.